The van der Waals surface area contributed by atoms with Crippen molar-refractivity contribution in [2.24, 2.45) is 11.8 Å². The number of hydrogen-bond acceptors (Lipinski definition) is 4. The lowest BCUT2D eigenvalue weighted by atomic mass is 9.95. The molecule has 3 heterocycles. The van der Waals surface area contributed by atoms with Crippen LogP contribution in [0.1, 0.15) is 57.8 Å². The van der Waals surface area contributed by atoms with E-state index in [1.165, 1.54) is 10.8 Å². The van der Waals surface area contributed by atoms with Crippen molar-refractivity contribution in [1.29, 1.82) is 0 Å². The van der Waals surface area contributed by atoms with Crippen molar-refractivity contribution in [3.05, 3.63) is 69.2 Å². The van der Waals surface area contributed by atoms with Crippen molar-refractivity contribution in [3.63, 3.8) is 0 Å². The van der Waals surface area contributed by atoms with Crippen molar-refractivity contribution >= 4 is 22.8 Å². The summed E-state index contributed by atoms with van der Waals surface area (Å²) in [6.07, 6.45) is 7.03. The molecule has 0 aliphatic carbocycles. The number of nitrogens with zero attached hydrogens (tertiary/aromatic N) is 4. The fourth-order valence-corrected chi connectivity index (χ4v) is 4.61. The first kappa shape index (κ1) is 25.0. The molecule has 0 saturated heterocycles. The molecule has 7 nitrogen and oxygen atoms in total. The molecule has 0 aliphatic heterocycles. The number of nitrogens with one attached hydrogen (secondary N) is 1. The Hall–Kier alpha value is -3.13. The van der Waals surface area contributed by atoms with Crippen LogP contribution in [0.25, 0.3) is 22.3 Å². The molecule has 0 amide bonds. The zero-order valence-electron chi connectivity index (χ0n) is 20.7. The normalized spacial score (nSPS) is 12.7. The van der Waals surface area contributed by atoms with Gasteiger partial charge in [-0.3, -0.25) is 9.67 Å². The van der Waals surface area contributed by atoms with E-state index in [1.54, 1.807) is 18.5 Å². The van der Waals surface area contributed by atoms with Gasteiger partial charge in [0.15, 0.2) is 11.8 Å². The molecule has 0 saturated carbocycles. The highest BCUT2D eigenvalue weighted by atomic mass is 35.5. The average Bonchev–Trinajstić information content (AvgIpc) is 3.42. The number of aromatic amines is 1. The van der Waals surface area contributed by atoms with Crippen molar-refractivity contribution in [1.82, 2.24) is 24.5 Å². The molecular formula is C26H31ClFN5O2. The lowest BCUT2D eigenvalue weighted by molar-refractivity contribution is 0.00837. The Labute approximate surface area is 208 Å². The van der Waals surface area contributed by atoms with Gasteiger partial charge in [0.2, 0.25) is 0 Å². The molecule has 1 atom stereocenters. The monoisotopic (exact) mass is 499 g/mol. The average molecular weight is 500 g/mol. The van der Waals surface area contributed by atoms with Crippen LogP contribution in [0.3, 0.4) is 0 Å². The second-order valence-corrected chi connectivity index (χ2v) is 9.69. The van der Waals surface area contributed by atoms with Crippen molar-refractivity contribution in [2.45, 2.75) is 60.1 Å². The maximum Gasteiger partial charge on any atom is 0.360 e. The van der Waals surface area contributed by atoms with Gasteiger partial charge in [-0.15, -0.1) is 4.73 Å². The summed E-state index contributed by atoms with van der Waals surface area (Å²) in [5, 5.41) is 4.51. The molecule has 1 aromatic carbocycles. The van der Waals surface area contributed by atoms with Gasteiger partial charge in [0.25, 0.3) is 0 Å². The predicted octanol–water partition coefficient (Wildman–Crippen LogP) is 5.95. The zero-order chi connectivity index (χ0) is 25.3. The first-order valence-electron chi connectivity index (χ1n) is 12.0. The number of rotatable bonds is 9. The molecule has 35 heavy (non-hydrogen) atoms. The molecule has 0 bridgehead atoms. The van der Waals surface area contributed by atoms with E-state index in [4.69, 9.17) is 16.4 Å². The number of halogens is 2. The molecule has 0 radical (unpaired) electrons. The minimum Gasteiger partial charge on any atom is -0.400 e. The number of imidazole rings is 1. The third kappa shape index (κ3) is 4.98. The highest BCUT2D eigenvalue weighted by Gasteiger charge is 2.27. The van der Waals surface area contributed by atoms with Crippen LogP contribution in [0.4, 0.5) is 4.39 Å². The van der Waals surface area contributed by atoms with E-state index in [9.17, 15) is 9.18 Å². The summed E-state index contributed by atoms with van der Waals surface area (Å²) in [6.45, 7) is 10.9. The Morgan fingerprint density at radius 1 is 1.17 bits per heavy atom. The predicted molar refractivity (Wildman–Crippen MR) is 136 cm³/mol. The summed E-state index contributed by atoms with van der Waals surface area (Å²) < 4.78 is 17.4. The zero-order valence-corrected chi connectivity index (χ0v) is 21.4. The Morgan fingerprint density at radius 2 is 1.91 bits per heavy atom. The highest BCUT2D eigenvalue weighted by molar-refractivity contribution is 6.31. The quantitative estimate of drug-likeness (QED) is 0.308. The van der Waals surface area contributed by atoms with E-state index in [2.05, 4.69) is 28.9 Å². The van der Waals surface area contributed by atoms with Gasteiger partial charge in [0, 0.05) is 35.6 Å². The van der Waals surface area contributed by atoms with Crippen LogP contribution in [-0.4, -0.2) is 24.5 Å². The van der Waals surface area contributed by atoms with Gasteiger partial charge in [0.1, 0.15) is 11.3 Å². The van der Waals surface area contributed by atoms with Gasteiger partial charge in [-0.05, 0) is 36.5 Å². The summed E-state index contributed by atoms with van der Waals surface area (Å²) in [4.78, 5) is 26.2. The van der Waals surface area contributed by atoms with E-state index < -0.39 is 17.6 Å². The Bertz CT molecular complexity index is 1390. The molecule has 0 aliphatic rings. The van der Waals surface area contributed by atoms with Crippen LogP contribution in [0.15, 0.2) is 41.6 Å². The molecule has 0 fully saturated rings. The maximum absolute atomic E-state index is 14.3. The van der Waals surface area contributed by atoms with Gasteiger partial charge >= 0.3 is 5.69 Å². The van der Waals surface area contributed by atoms with Crippen molar-refractivity contribution < 1.29 is 9.23 Å². The molecule has 0 spiro atoms. The molecule has 3 aromatic heterocycles. The second-order valence-electron chi connectivity index (χ2n) is 9.31. The van der Waals surface area contributed by atoms with Crippen LogP contribution in [-0.2, 0) is 6.54 Å². The number of hydrogen-bond donors (Lipinski definition) is 1. The first-order chi connectivity index (χ1) is 16.7. The van der Waals surface area contributed by atoms with Gasteiger partial charge in [-0.25, -0.2) is 14.2 Å². The molecule has 4 rings (SSSR count). The lowest BCUT2D eigenvalue weighted by Gasteiger charge is -2.25. The van der Waals surface area contributed by atoms with Crippen LogP contribution < -0.4 is 10.5 Å². The molecule has 186 valence electrons. The number of fused-ring (bicyclic) bond motifs is 1. The van der Waals surface area contributed by atoms with E-state index in [0.29, 0.717) is 22.6 Å². The SMILES string of the molecule is CCC(CC)Cn1cc(-c2cnc3[nH]c(=O)n(OC(c4c(C)ccc(F)c4Cl)C(C)C)c3c2)cn1. The lowest BCUT2D eigenvalue weighted by Crippen LogP contribution is -2.30. The number of pyridine rings is 1. The van der Waals surface area contributed by atoms with E-state index in [-0.39, 0.29) is 10.9 Å². The third-order valence-electron chi connectivity index (χ3n) is 6.52. The van der Waals surface area contributed by atoms with E-state index in [0.717, 1.165) is 36.1 Å². The van der Waals surface area contributed by atoms with Gasteiger partial charge < -0.3 is 4.84 Å². The maximum atomic E-state index is 14.3. The minimum atomic E-state index is -0.652. The summed E-state index contributed by atoms with van der Waals surface area (Å²) >= 11 is 6.33. The second kappa shape index (κ2) is 10.2. The fraction of sp³-hybridized carbons (Fsp3) is 0.423. The number of aryl methyl sites for hydroxylation is 1. The van der Waals surface area contributed by atoms with Gasteiger partial charge in [-0.2, -0.15) is 5.10 Å². The van der Waals surface area contributed by atoms with E-state index >= 15 is 0 Å². The molecular weight excluding hydrogens is 469 g/mol. The standard InChI is InChI=1S/C26H31ClFN5O2/c1-6-17(7-2)13-32-14-19(12-30-32)18-10-21-25(29-11-18)31-26(34)33(21)35-24(15(3)4)22-16(5)8-9-20(28)23(22)27/h8-12,14-15,17,24H,6-7,13H2,1-5H3,(H,29,31,34). The van der Waals surface area contributed by atoms with E-state index in [1.807, 2.05) is 37.7 Å². The Balaban J connectivity index is 1.72. The van der Waals surface area contributed by atoms with Crippen molar-refractivity contribution in [3.8, 4) is 11.1 Å². The van der Waals surface area contributed by atoms with Gasteiger partial charge in [-0.1, -0.05) is 58.2 Å². The minimum absolute atomic E-state index is 0.000260. The van der Waals surface area contributed by atoms with Crippen molar-refractivity contribution in [2.75, 3.05) is 0 Å². The number of aromatic nitrogens is 5. The fourth-order valence-electron chi connectivity index (χ4n) is 4.29. The smallest absolute Gasteiger partial charge is 0.360 e. The number of benzene rings is 1. The topological polar surface area (TPSA) is 77.7 Å². The third-order valence-corrected chi connectivity index (χ3v) is 6.91. The number of H-pyrrole nitrogens is 1. The summed E-state index contributed by atoms with van der Waals surface area (Å²) in [6, 6.07) is 4.83. The summed E-state index contributed by atoms with van der Waals surface area (Å²) in [5.41, 5.74) is 3.43. The van der Waals surface area contributed by atoms with Crippen LogP contribution in [0.2, 0.25) is 5.02 Å². The van der Waals surface area contributed by atoms with Gasteiger partial charge in [0.05, 0.1) is 11.2 Å². The largest absolute Gasteiger partial charge is 0.400 e. The van der Waals surface area contributed by atoms with Crippen LogP contribution >= 0.6 is 11.6 Å². The van der Waals surface area contributed by atoms with Crippen LogP contribution in [0, 0.1) is 24.6 Å². The Kier molecular flexibility index (Phi) is 7.31. The Morgan fingerprint density at radius 3 is 2.60 bits per heavy atom. The highest BCUT2D eigenvalue weighted by Crippen LogP contribution is 2.34. The first-order valence-corrected chi connectivity index (χ1v) is 12.4. The molecule has 1 N–H and O–H groups in total. The molecule has 9 heteroatoms. The molecule has 1 unspecified atom stereocenters. The summed E-state index contributed by atoms with van der Waals surface area (Å²) in [5.74, 6) is -0.0517. The molecule has 4 aromatic rings. The summed E-state index contributed by atoms with van der Waals surface area (Å²) in [7, 11) is 0. The van der Waals surface area contributed by atoms with Crippen LogP contribution in [0.5, 0.6) is 0 Å².